The molecular formula is C18H28N2O. The van der Waals surface area contributed by atoms with Crippen LogP contribution in [0.5, 0.6) is 5.75 Å². The monoisotopic (exact) mass is 288 g/mol. The lowest BCUT2D eigenvalue weighted by molar-refractivity contribution is 0.0530. The number of hydrogen-bond acceptors (Lipinski definition) is 3. The molecule has 1 unspecified atom stereocenters. The van der Waals surface area contributed by atoms with Crippen LogP contribution in [0.15, 0.2) is 30.3 Å². The van der Waals surface area contributed by atoms with E-state index in [0.29, 0.717) is 11.6 Å². The standard InChI is InChI=1S/C18H28N2O/c1-16-14-19-18(10-6-3-7-11-18)15-20(16)12-13-21-17-8-4-2-5-9-17/h2,4-5,8-9,16,19H,3,6-7,10-15H2,1H3. The number of nitrogens with zero attached hydrogens (tertiary/aromatic N) is 1. The zero-order valence-electron chi connectivity index (χ0n) is 13.2. The average molecular weight is 288 g/mol. The minimum atomic E-state index is 0.386. The summed E-state index contributed by atoms with van der Waals surface area (Å²) in [5.74, 6) is 0.979. The summed E-state index contributed by atoms with van der Waals surface area (Å²) in [6.07, 6.45) is 6.87. The van der Waals surface area contributed by atoms with Gasteiger partial charge in [-0.25, -0.2) is 0 Å². The topological polar surface area (TPSA) is 24.5 Å². The molecule has 3 rings (SSSR count). The highest BCUT2D eigenvalue weighted by molar-refractivity contribution is 5.20. The van der Waals surface area contributed by atoms with Gasteiger partial charge in [-0.05, 0) is 31.9 Å². The maximum absolute atomic E-state index is 5.87. The van der Waals surface area contributed by atoms with E-state index in [4.69, 9.17) is 4.74 Å². The van der Waals surface area contributed by atoms with E-state index in [0.717, 1.165) is 25.4 Å². The van der Waals surface area contributed by atoms with Crippen LogP contribution in [0.4, 0.5) is 0 Å². The van der Waals surface area contributed by atoms with Gasteiger partial charge in [-0.1, -0.05) is 37.5 Å². The lowest BCUT2D eigenvalue weighted by Crippen LogP contribution is -2.64. The first-order valence-electron chi connectivity index (χ1n) is 8.44. The van der Waals surface area contributed by atoms with Crippen molar-refractivity contribution in [1.82, 2.24) is 10.2 Å². The van der Waals surface area contributed by atoms with Gasteiger partial charge >= 0.3 is 0 Å². The van der Waals surface area contributed by atoms with Crippen LogP contribution in [0, 0.1) is 0 Å². The van der Waals surface area contributed by atoms with Gasteiger partial charge in [0, 0.05) is 31.2 Å². The van der Waals surface area contributed by atoms with E-state index in [-0.39, 0.29) is 0 Å². The van der Waals surface area contributed by atoms with E-state index in [1.54, 1.807) is 0 Å². The van der Waals surface area contributed by atoms with Crippen LogP contribution < -0.4 is 10.1 Å². The van der Waals surface area contributed by atoms with E-state index in [9.17, 15) is 0 Å². The maximum Gasteiger partial charge on any atom is 0.119 e. The van der Waals surface area contributed by atoms with E-state index in [1.807, 2.05) is 30.3 Å². The van der Waals surface area contributed by atoms with Gasteiger partial charge in [0.05, 0.1) is 0 Å². The third kappa shape index (κ3) is 3.78. The summed E-state index contributed by atoms with van der Waals surface area (Å²) >= 11 is 0. The van der Waals surface area contributed by atoms with Crippen LogP contribution in [0.2, 0.25) is 0 Å². The average Bonchev–Trinajstić information content (AvgIpc) is 2.53. The van der Waals surface area contributed by atoms with Crippen LogP contribution in [0.25, 0.3) is 0 Å². The van der Waals surface area contributed by atoms with Gasteiger partial charge in [-0.15, -0.1) is 0 Å². The van der Waals surface area contributed by atoms with Gasteiger partial charge in [0.15, 0.2) is 0 Å². The summed E-state index contributed by atoms with van der Waals surface area (Å²) in [6, 6.07) is 10.8. The Bertz CT molecular complexity index is 428. The summed E-state index contributed by atoms with van der Waals surface area (Å²) in [5, 5.41) is 3.84. The second-order valence-electron chi connectivity index (χ2n) is 6.70. The minimum absolute atomic E-state index is 0.386. The highest BCUT2D eigenvalue weighted by Crippen LogP contribution is 2.31. The van der Waals surface area contributed by atoms with Gasteiger partial charge in [-0.2, -0.15) is 0 Å². The smallest absolute Gasteiger partial charge is 0.119 e. The largest absolute Gasteiger partial charge is 0.492 e. The Morgan fingerprint density at radius 3 is 2.71 bits per heavy atom. The quantitative estimate of drug-likeness (QED) is 0.921. The molecule has 116 valence electrons. The van der Waals surface area contributed by atoms with Crippen molar-refractivity contribution in [2.24, 2.45) is 0 Å². The fraction of sp³-hybridized carbons (Fsp3) is 0.667. The van der Waals surface area contributed by atoms with Gasteiger partial charge < -0.3 is 10.1 Å². The Morgan fingerprint density at radius 1 is 1.19 bits per heavy atom. The normalized spacial score (nSPS) is 25.9. The first kappa shape index (κ1) is 14.9. The molecule has 1 atom stereocenters. The summed E-state index contributed by atoms with van der Waals surface area (Å²) in [7, 11) is 0. The summed E-state index contributed by atoms with van der Waals surface area (Å²) in [4.78, 5) is 2.62. The second kappa shape index (κ2) is 6.80. The number of nitrogens with one attached hydrogen (secondary N) is 1. The predicted molar refractivity (Wildman–Crippen MR) is 86.8 cm³/mol. The molecule has 2 fully saturated rings. The molecule has 2 aliphatic rings. The van der Waals surface area contributed by atoms with Crippen molar-refractivity contribution >= 4 is 0 Å². The molecule has 1 aliphatic carbocycles. The minimum Gasteiger partial charge on any atom is -0.492 e. The first-order valence-corrected chi connectivity index (χ1v) is 8.44. The molecule has 1 saturated heterocycles. The molecule has 3 heteroatoms. The molecule has 3 nitrogen and oxygen atoms in total. The molecule has 21 heavy (non-hydrogen) atoms. The van der Waals surface area contributed by atoms with Crippen molar-refractivity contribution in [2.75, 3.05) is 26.2 Å². The molecule has 1 heterocycles. The van der Waals surface area contributed by atoms with E-state index in [1.165, 1.54) is 38.6 Å². The first-order chi connectivity index (χ1) is 10.3. The second-order valence-corrected chi connectivity index (χ2v) is 6.70. The van der Waals surface area contributed by atoms with Crippen LogP contribution in [-0.2, 0) is 0 Å². The van der Waals surface area contributed by atoms with Crippen molar-refractivity contribution in [3.8, 4) is 5.75 Å². The lowest BCUT2D eigenvalue weighted by atomic mass is 9.79. The molecule has 0 aromatic heterocycles. The molecule has 1 aliphatic heterocycles. The molecule has 1 N–H and O–H groups in total. The number of ether oxygens (including phenoxy) is 1. The van der Waals surface area contributed by atoms with Crippen LogP contribution in [0.1, 0.15) is 39.0 Å². The Hall–Kier alpha value is -1.06. The number of piperazine rings is 1. The zero-order valence-corrected chi connectivity index (χ0v) is 13.2. The molecule has 0 amide bonds. The van der Waals surface area contributed by atoms with Crippen LogP contribution >= 0.6 is 0 Å². The zero-order chi connectivity index (χ0) is 14.5. The Balaban J connectivity index is 1.51. The number of rotatable bonds is 4. The fourth-order valence-corrected chi connectivity index (χ4v) is 3.75. The number of benzene rings is 1. The fourth-order valence-electron chi connectivity index (χ4n) is 3.75. The van der Waals surface area contributed by atoms with Crippen LogP contribution in [0.3, 0.4) is 0 Å². The highest BCUT2D eigenvalue weighted by atomic mass is 16.5. The predicted octanol–water partition coefficient (Wildman–Crippen LogP) is 3.06. The molecule has 1 aromatic rings. The van der Waals surface area contributed by atoms with E-state index in [2.05, 4.69) is 17.1 Å². The molecule has 1 aromatic carbocycles. The molecule has 1 spiro atoms. The Kier molecular flexibility index (Phi) is 4.81. The third-order valence-electron chi connectivity index (χ3n) is 5.10. The van der Waals surface area contributed by atoms with Crippen molar-refractivity contribution in [3.05, 3.63) is 30.3 Å². The van der Waals surface area contributed by atoms with Gasteiger partial charge in [0.1, 0.15) is 12.4 Å². The van der Waals surface area contributed by atoms with E-state index >= 15 is 0 Å². The van der Waals surface area contributed by atoms with Crippen LogP contribution in [-0.4, -0.2) is 42.7 Å². The Morgan fingerprint density at radius 2 is 1.95 bits per heavy atom. The summed E-state index contributed by atoms with van der Waals surface area (Å²) in [6.45, 7) is 6.44. The van der Waals surface area contributed by atoms with Crippen molar-refractivity contribution in [1.29, 1.82) is 0 Å². The SMILES string of the molecule is CC1CNC2(CCCCC2)CN1CCOc1ccccc1. The summed E-state index contributed by atoms with van der Waals surface area (Å²) in [5.41, 5.74) is 0.386. The highest BCUT2D eigenvalue weighted by Gasteiger charge is 2.38. The third-order valence-corrected chi connectivity index (χ3v) is 5.10. The maximum atomic E-state index is 5.87. The molecular weight excluding hydrogens is 260 g/mol. The van der Waals surface area contributed by atoms with Crippen molar-refractivity contribution < 1.29 is 4.74 Å². The van der Waals surface area contributed by atoms with Gasteiger partial charge in [-0.3, -0.25) is 4.90 Å². The van der Waals surface area contributed by atoms with Crippen molar-refractivity contribution in [2.45, 2.75) is 50.6 Å². The number of para-hydroxylation sites is 1. The molecule has 0 radical (unpaired) electrons. The van der Waals surface area contributed by atoms with Gasteiger partial charge in [0.2, 0.25) is 0 Å². The van der Waals surface area contributed by atoms with E-state index < -0.39 is 0 Å². The molecule has 1 saturated carbocycles. The summed E-state index contributed by atoms with van der Waals surface area (Å²) < 4.78 is 5.87. The number of hydrogen-bond donors (Lipinski definition) is 1. The lowest BCUT2D eigenvalue weighted by Gasteiger charge is -2.49. The Labute approximate surface area is 128 Å². The molecule has 0 bridgehead atoms. The van der Waals surface area contributed by atoms with Gasteiger partial charge in [0.25, 0.3) is 0 Å². The van der Waals surface area contributed by atoms with Crippen molar-refractivity contribution in [3.63, 3.8) is 0 Å².